The maximum atomic E-state index is 13.6. The predicted molar refractivity (Wildman–Crippen MR) is 149 cm³/mol. The molecule has 0 bridgehead atoms. The smallest absolute Gasteiger partial charge is 0.338 e. The Bertz CT molecular complexity index is 1550. The molecule has 5 atom stereocenters. The molecule has 12 nitrogen and oxygen atoms in total. The molecule has 44 heavy (non-hydrogen) atoms. The Morgan fingerprint density at radius 1 is 0.659 bits per heavy atom. The van der Waals surface area contributed by atoms with E-state index in [2.05, 4.69) is 0 Å². The lowest BCUT2D eigenvalue weighted by Crippen LogP contribution is -2.67. The number of esters is 4. The molecule has 1 fully saturated rings. The molecule has 12 heteroatoms. The molecular formula is C32H27NO11. The van der Waals surface area contributed by atoms with Crippen LogP contribution in [-0.4, -0.2) is 77.8 Å². The highest BCUT2D eigenvalue weighted by molar-refractivity contribution is 6.21. The molecule has 2 aliphatic heterocycles. The van der Waals surface area contributed by atoms with Crippen LogP contribution >= 0.6 is 0 Å². The molecule has 2 aliphatic rings. The standard InChI is InChI=1S/C32H27NO11/c1-18(34)41-27-25(33-28(36)22-15-9-10-16-23(22)29(33)37)32(42-19(2)35)43-24(17-40-30(38)20-11-5-3-6-12-20)26(27)44-31(39)21-13-7-4-8-14-21/h3-16,24-27,32H,17H2,1-2H3/t24-,25-,26-,27-,32-/m1/s1. The predicted octanol–water partition coefficient (Wildman–Crippen LogP) is 2.95. The molecule has 0 spiro atoms. The molecule has 3 aromatic rings. The van der Waals surface area contributed by atoms with Crippen molar-refractivity contribution in [3.8, 4) is 0 Å². The van der Waals surface area contributed by atoms with Crippen molar-refractivity contribution in [2.75, 3.05) is 6.61 Å². The number of hydrogen-bond donors (Lipinski definition) is 0. The largest absolute Gasteiger partial charge is 0.459 e. The molecule has 5 rings (SSSR count). The first-order valence-electron chi connectivity index (χ1n) is 13.6. The molecular weight excluding hydrogens is 574 g/mol. The fourth-order valence-corrected chi connectivity index (χ4v) is 5.09. The summed E-state index contributed by atoms with van der Waals surface area (Å²) in [4.78, 5) is 78.6. The van der Waals surface area contributed by atoms with Crippen LogP contribution in [-0.2, 0) is 33.3 Å². The van der Waals surface area contributed by atoms with Crippen LogP contribution in [0.4, 0.5) is 0 Å². The van der Waals surface area contributed by atoms with Gasteiger partial charge in [-0.25, -0.2) is 9.59 Å². The van der Waals surface area contributed by atoms with Gasteiger partial charge in [-0.05, 0) is 36.4 Å². The minimum absolute atomic E-state index is 0.0670. The first-order chi connectivity index (χ1) is 21.2. The molecule has 2 amide bonds. The number of nitrogens with zero attached hydrogens (tertiary/aromatic N) is 1. The van der Waals surface area contributed by atoms with Crippen LogP contribution in [0.1, 0.15) is 55.3 Å². The molecule has 2 heterocycles. The van der Waals surface area contributed by atoms with E-state index in [0.717, 1.165) is 18.7 Å². The normalized spacial score (nSPS) is 22.5. The van der Waals surface area contributed by atoms with E-state index in [-0.39, 0.29) is 22.3 Å². The van der Waals surface area contributed by atoms with Gasteiger partial charge in [-0.2, -0.15) is 0 Å². The number of hydrogen-bond acceptors (Lipinski definition) is 11. The van der Waals surface area contributed by atoms with Gasteiger partial charge in [-0.15, -0.1) is 0 Å². The van der Waals surface area contributed by atoms with Gasteiger partial charge in [0.2, 0.25) is 6.29 Å². The Kier molecular flexibility index (Phi) is 8.81. The Labute approximate surface area is 251 Å². The van der Waals surface area contributed by atoms with E-state index in [1.807, 2.05) is 0 Å². The third-order valence-electron chi connectivity index (χ3n) is 6.96. The number of fused-ring (bicyclic) bond motifs is 1. The van der Waals surface area contributed by atoms with Crippen molar-refractivity contribution in [3.05, 3.63) is 107 Å². The van der Waals surface area contributed by atoms with Crippen molar-refractivity contribution >= 4 is 35.7 Å². The fourth-order valence-electron chi connectivity index (χ4n) is 5.09. The Balaban J connectivity index is 1.55. The number of ether oxygens (including phenoxy) is 5. The summed E-state index contributed by atoms with van der Waals surface area (Å²) >= 11 is 0. The van der Waals surface area contributed by atoms with Gasteiger partial charge in [-0.3, -0.25) is 24.1 Å². The quantitative estimate of drug-likeness (QED) is 0.213. The van der Waals surface area contributed by atoms with Crippen LogP contribution in [0.5, 0.6) is 0 Å². The van der Waals surface area contributed by atoms with Crippen LogP contribution < -0.4 is 0 Å². The highest BCUT2D eigenvalue weighted by atomic mass is 16.7. The first kappa shape index (κ1) is 30.1. The van der Waals surface area contributed by atoms with E-state index < -0.39 is 72.9 Å². The van der Waals surface area contributed by atoms with Crippen molar-refractivity contribution < 1.29 is 52.5 Å². The van der Waals surface area contributed by atoms with Gasteiger partial charge in [0.25, 0.3) is 11.8 Å². The van der Waals surface area contributed by atoms with E-state index in [9.17, 15) is 28.8 Å². The van der Waals surface area contributed by atoms with Gasteiger partial charge < -0.3 is 23.7 Å². The molecule has 0 unspecified atom stereocenters. The topological polar surface area (TPSA) is 152 Å². The second-order valence-corrected chi connectivity index (χ2v) is 9.94. The van der Waals surface area contributed by atoms with Crippen molar-refractivity contribution in [3.63, 3.8) is 0 Å². The zero-order chi connectivity index (χ0) is 31.4. The summed E-state index contributed by atoms with van der Waals surface area (Å²) in [5.41, 5.74) is 0.487. The van der Waals surface area contributed by atoms with Crippen LogP contribution in [0, 0.1) is 0 Å². The maximum Gasteiger partial charge on any atom is 0.338 e. The Morgan fingerprint density at radius 3 is 1.68 bits per heavy atom. The number of amides is 2. The van der Waals surface area contributed by atoms with Gasteiger partial charge in [0, 0.05) is 13.8 Å². The third kappa shape index (κ3) is 6.20. The average Bonchev–Trinajstić information content (AvgIpc) is 3.26. The molecule has 0 radical (unpaired) electrons. The second-order valence-electron chi connectivity index (χ2n) is 9.94. The van der Waals surface area contributed by atoms with Gasteiger partial charge in [0.05, 0.1) is 22.3 Å². The zero-order valence-electron chi connectivity index (χ0n) is 23.6. The highest BCUT2D eigenvalue weighted by Crippen LogP contribution is 2.36. The zero-order valence-corrected chi connectivity index (χ0v) is 23.6. The van der Waals surface area contributed by atoms with Gasteiger partial charge in [0.15, 0.2) is 12.2 Å². The summed E-state index contributed by atoms with van der Waals surface area (Å²) in [5.74, 6) is -4.84. The third-order valence-corrected chi connectivity index (χ3v) is 6.96. The van der Waals surface area contributed by atoms with E-state index in [0.29, 0.717) is 0 Å². The lowest BCUT2D eigenvalue weighted by Gasteiger charge is -2.46. The molecule has 0 saturated carbocycles. The summed E-state index contributed by atoms with van der Waals surface area (Å²) < 4.78 is 28.3. The maximum absolute atomic E-state index is 13.6. The van der Waals surface area contributed by atoms with Crippen LogP contribution in [0.3, 0.4) is 0 Å². The van der Waals surface area contributed by atoms with Crippen molar-refractivity contribution in [2.24, 2.45) is 0 Å². The molecule has 226 valence electrons. The number of benzene rings is 3. The van der Waals surface area contributed by atoms with E-state index in [4.69, 9.17) is 23.7 Å². The van der Waals surface area contributed by atoms with Gasteiger partial charge in [0.1, 0.15) is 18.8 Å². The fraction of sp³-hybridized carbons (Fsp3) is 0.250. The Hall–Kier alpha value is -5.36. The summed E-state index contributed by atoms with van der Waals surface area (Å²) in [7, 11) is 0. The molecule has 0 aromatic heterocycles. The van der Waals surface area contributed by atoms with Gasteiger partial charge >= 0.3 is 23.9 Å². The Morgan fingerprint density at radius 2 is 1.16 bits per heavy atom. The van der Waals surface area contributed by atoms with Crippen LogP contribution in [0.15, 0.2) is 84.9 Å². The molecule has 0 N–H and O–H groups in total. The molecule has 3 aromatic carbocycles. The van der Waals surface area contributed by atoms with Crippen molar-refractivity contribution in [1.29, 1.82) is 0 Å². The van der Waals surface area contributed by atoms with Crippen molar-refractivity contribution in [1.82, 2.24) is 4.90 Å². The van der Waals surface area contributed by atoms with Crippen molar-refractivity contribution in [2.45, 2.75) is 44.5 Å². The molecule has 1 saturated heterocycles. The monoisotopic (exact) mass is 601 g/mol. The summed E-state index contributed by atoms with van der Waals surface area (Å²) in [5, 5.41) is 0. The number of imide groups is 1. The average molecular weight is 602 g/mol. The van der Waals surface area contributed by atoms with E-state index >= 15 is 0 Å². The minimum Gasteiger partial charge on any atom is -0.459 e. The molecule has 0 aliphatic carbocycles. The number of carbonyl (C=O) groups is 6. The van der Waals surface area contributed by atoms with Gasteiger partial charge in [-0.1, -0.05) is 48.5 Å². The van der Waals surface area contributed by atoms with Crippen LogP contribution in [0.25, 0.3) is 0 Å². The SMILES string of the molecule is CC(=O)O[C@@H]1O[C@H](COC(=O)c2ccccc2)[C@@H](OC(=O)c2ccccc2)[C@H](OC(C)=O)[C@H]1N1C(=O)c2ccccc2C1=O. The number of rotatable bonds is 8. The minimum atomic E-state index is -1.70. The summed E-state index contributed by atoms with van der Waals surface area (Å²) in [6.45, 7) is 1.61. The lowest BCUT2D eigenvalue weighted by molar-refractivity contribution is -0.273. The van der Waals surface area contributed by atoms with Crippen LogP contribution in [0.2, 0.25) is 0 Å². The first-order valence-corrected chi connectivity index (χ1v) is 13.6. The highest BCUT2D eigenvalue weighted by Gasteiger charge is 2.58. The lowest BCUT2D eigenvalue weighted by atomic mass is 9.94. The van der Waals surface area contributed by atoms with E-state index in [1.54, 1.807) is 48.5 Å². The summed E-state index contributed by atoms with van der Waals surface area (Å²) in [6, 6.07) is 20.4. The number of carbonyl (C=O) groups excluding carboxylic acids is 6. The second kappa shape index (κ2) is 12.9. The summed E-state index contributed by atoms with van der Waals surface area (Å²) in [6.07, 6.45) is -6.24. The van der Waals surface area contributed by atoms with E-state index in [1.165, 1.54) is 36.4 Å².